The Kier molecular flexibility index (Phi) is 6.85. The molecule has 1 aliphatic heterocycles. The Balaban J connectivity index is 0.00000225. The number of fused-ring (bicyclic) bond motifs is 1. The fourth-order valence-corrected chi connectivity index (χ4v) is 3.32. The van der Waals surface area contributed by atoms with Crippen molar-refractivity contribution in [3.8, 4) is 5.75 Å². The van der Waals surface area contributed by atoms with Crippen molar-refractivity contribution >= 4 is 18.3 Å². The van der Waals surface area contributed by atoms with E-state index in [1.165, 1.54) is 16.7 Å². The van der Waals surface area contributed by atoms with Crippen molar-refractivity contribution in [2.75, 3.05) is 13.7 Å². The van der Waals surface area contributed by atoms with Gasteiger partial charge in [0.1, 0.15) is 5.75 Å². The van der Waals surface area contributed by atoms with Crippen LogP contribution in [0.25, 0.3) is 0 Å². The van der Waals surface area contributed by atoms with E-state index < -0.39 is 0 Å². The molecule has 0 spiro atoms. The zero-order chi connectivity index (χ0) is 16.9. The van der Waals surface area contributed by atoms with Crippen LogP contribution in [0.1, 0.15) is 35.6 Å². The number of nitrogens with two attached hydrogens (primary N) is 1. The van der Waals surface area contributed by atoms with Gasteiger partial charge < -0.3 is 15.4 Å². The summed E-state index contributed by atoms with van der Waals surface area (Å²) in [5.74, 6) is 1.00. The zero-order valence-electron chi connectivity index (χ0n) is 14.5. The van der Waals surface area contributed by atoms with Crippen molar-refractivity contribution in [1.29, 1.82) is 0 Å². The molecule has 0 radical (unpaired) electrons. The summed E-state index contributed by atoms with van der Waals surface area (Å²) in [7, 11) is 1.67. The van der Waals surface area contributed by atoms with E-state index in [9.17, 15) is 4.79 Å². The number of halogens is 1. The molecule has 0 aliphatic carbocycles. The predicted molar refractivity (Wildman–Crippen MR) is 102 cm³/mol. The molecule has 0 fully saturated rings. The minimum Gasteiger partial charge on any atom is -0.497 e. The molecule has 5 heteroatoms. The summed E-state index contributed by atoms with van der Waals surface area (Å²) < 4.78 is 5.33. The van der Waals surface area contributed by atoms with Crippen LogP contribution in [-0.4, -0.2) is 24.5 Å². The summed E-state index contributed by atoms with van der Waals surface area (Å²) in [5, 5.41) is 0. The molecule has 3 rings (SSSR count). The third-order valence-corrected chi connectivity index (χ3v) is 4.64. The smallest absolute Gasteiger partial charge is 0.223 e. The Hall–Kier alpha value is -2.04. The average molecular weight is 361 g/mol. The highest BCUT2D eigenvalue weighted by atomic mass is 35.5. The highest BCUT2D eigenvalue weighted by Crippen LogP contribution is 2.35. The van der Waals surface area contributed by atoms with E-state index in [4.69, 9.17) is 10.5 Å². The SMILES string of the molecule is COc1ccc2c(c1)CN(C(=O)CCCN)C(c1ccccc1)C2.Cl. The lowest BCUT2D eigenvalue weighted by molar-refractivity contribution is -0.135. The van der Waals surface area contributed by atoms with Crippen molar-refractivity contribution in [3.05, 3.63) is 65.2 Å². The lowest BCUT2D eigenvalue weighted by Crippen LogP contribution is -2.39. The molecule has 0 saturated heterocycles. The number of carbonyl (C=O) groups excluding carboxylic acids is 1. The van der Waals surface area contributed by atoms with Gasteiger partial charge in [-0.2, -0.15) is 0 Å². The van der Waals surface area contributed by atoms with Crippen LogP contribution in [0.3, 0.4) is 0 Å². The molecule has 0 aromatic heterocycles. The van der Waals surface area contributed by atoms with Crippen LogP contribution in [-0.2, 0) is 17.8 Å². The third kappa shape index (κ3) is 4.33. The summed E-state index contributed by atoms with van der Waals surface area (Å²) in [6.07, 6.45) is 2.05. The van der Waals surface area contributed by atoms with Crippen molar-refractivity contribution in [1.82, 2.24) is 4.90 Å². The van der Waals surface area contributed by atoms with E-state index in [0.717, 1.165) is 18.6 Å². The van der Waals surface area contributed by atoms with Crippen LogP contribution in [0.4, 0.5) is 0 Å². The maximum absolute atomic E-state index is 12.7. The van der Waals surface area contributed by atoms with E-state index in [2.05, 4.69) is 18.2 Å². The molecule has 2 aromatic carbocycles. The third-order valence-electron chi connectivity index (χ3n) is 4.64. The van der Waals surface area contributed by atoms with Crippen LogP contribution < -0.4 is 10.5 Å². The number of hydrogen-bond donors (Lipinski definition) is 1. The van der Waals surface area contributed by atoms with Gasteiger partial charge in [-0.1, -0.05) is 36.4 Å². The van der Waals surface area contributed by atoms with E-state index in [0.29, 0.717) is 19.5 Å². The van der Waals surface area contributed by atoms with Crippen LogP contribution in [0, 0.1) is 0 Å². The molecular formula is C20H25ClN2O2. The van der Waals surface area contributed by atoms with Gasteiger partial charge in [0.25, 0.3) is 0 Å². The quantitative estimate of drug-likeness (QED) is 0.888. The highest BCUT2D eigenvalue weighted by molar-refractivity contribution is 5.85. The number of amides is 1. The molecule has 2 aromatic rings. The second-order valence-electron chi connectivity index (χ2n) is 6.18. The number of nitrogens with zero attached hydrogens (tertiary/aromatic N) is 1. The summed E-state index contributed by atoms with van der Waals surface area (Å²) in [6.45, 7) is 1.16. The topological polar surface area (TPSA) is 55.6 Å². The number of benzene rings is 2. The fourth-order valence-electron chi connectivity index (χ4n) is 3.32. The van der Waals surface area contributed by atoms with Gasteiger partial charge in [-0.15, -0.1) is 12.4 Å². The molecular weight excluding hydrogens is 336 g/mol. The van der Waals surface area contributed by atoms with Gasteiger partial charge in [0.15, 0.2) is 0 Å². The number of carbonyl (C=O) groups is 1. The fraction of sp³-hybridized carbons (Fsp3) is 0.350. The van der Waals surface area contributed by atoms with Gasteiger partial charge >= 0.3 is 0 Å². The summed E-state index contributed by atoms with van der Waals surface area (Å²) in [5.41, 5.74) is 9.21. The molecule has 1 heterocycles. The molecule has 1 atom stereocenters. The number of hydrogen-bond acceptors (Lipinski definition) is 3. The first-order valence-corrected chi connectivity index (χ1v) is 8.43. The van der Waals surface area contributed by atoms with Crippen LogP contribution >= 0.6 is 12.4 Å². The van der Waals surface area contributed by atoms with Gasteiger partial charge in [-0.05, 0) is 48.2 Å². The van der Waals surface area contributed by atoms with E-state index in [1.54, 1.807) is 7.11 Å². The van der Waals surface area contributed by atoms with Crippen LogP contribution in [0.15, 0.2) is 48.5 Å². The van der Waals surface area contributed by atoms with Crippen molar-refractivity contribution in [2.24, 2.45) is 5.73 Å². The lowest BCUT2D eigenvalue weighted by Gasteiger charge is -2.37. The second kappa shape index (κ2) is 8.88. The Morgan fingerprint density at radius 2 is 1.96 bits per heavy atom. The molecule has 1 unspecified atom stereocenters. The summed E-state index contributed by atoms with van der Waals surface area (Å²) in [6, 6.07) is 16.5. The standard InChI is InChI=1S/C20H24N2O2.ClH/c1-24-18-10-9-16-13-19(15-6-3-2-4-7-15)22(14-17(16)12-18)20(23)8-5-11-21;/h2-4,6-7,9-10,12,19H,5,8,11,13-14,21H2,1H3;1H. The number of rotatable bonds is 5. The Bertz CT molecular complexity index is 706. The van der Waals surface area contributed by atoms with Gasteiger partial charge in [-0.25, -0.2) is 0 Å². The Morgan fingerprint density at radius 3 is 2.64 bits per heavy atom. The molecule has 4 nitrogen and oxygen atoms in total. The highest BCUT2D eigenvalue weighted by Gasteiger charge is 2.30. The van der Waals surface area contributed by atoms with Crippen LogP contribution in [0.2, 0.25) is 0 Å². The maximum Gasteiger partial charge on any atom is 0.223 e. The minimum atomic E-state index is 0. The average Bonchev–Trinajstić information content (AvgIpc) is 2.65. The number of ether oxygens (including phenoxy) is 1. The van der Waals surface area contributed by atoms with Gasteiger partial charge in [0.05, 0.1) is 13.2 Å². The van der Waals surface area contributed by atoms with Gasteiger partial charge in [0.2, 0.25) is 5.91 Å². The van der Waals surface area contributed by atoms with Crippen molar-refractivity contribution in [2.45, 2.75) is 31.8 Å². The first kappa shape index (κ1) is 19.3. The van der Waals surface area contributed by atoms with Crippen LogP contribution in [0.5, 0.6) is 5.75 Å². The van der Waals surface area contributed by atoms with E-state index in [1.807, 2.05) is 35.2 Å². The molecule has 2 N–H and O–H groups in total. The van der Waals surface area contributed by atoms with Crippen molar-refractivity contribution in [3.63, 3.8) is 0 Å². The van der Waals surface area contributed by atoms with Crippen molar-refractivity contribution < 1.29 is 9.53 Å². The number of methoxy groups -OCH3 is 1. The largest absolute Gasteiger partial charge is 0.497 e. The van der Waals surface area contributed by atoms with Gasteiger partial charge in [0, 0.05) is 13.0 Å². The summed E-state index contributed by atoms with van der Waals surface area (Å²) >= 11 is 0. The molecule has 0 saturated carbocycles. The van der Waals surface area contributed by atoms with E-state index in [-0.39, 0.29) is 24.4 Å². The molecule has 134 valence electrons. The Morgan fingerprint density at radius 1 is 1.20 bits per heavy atom. The second-order valence-corrected chi connectivity index (χ2v) is 6.18. The Labute approximate surface area is 155 Å². The molecule has 1 amide bonds. The molecule has 1 aliphatic rings. The summed E-state index contributed by atoms with van der Waals surface area (Å²) in [4.78, 5) is 14.7. The first-order valence-electron chi connectivity index (χ1n) is 8.43. The van der Waals surface area contributed by atoms with E-state index >= 15 is 0 Å². The predicted octanol–water partition coefficient (Wildman–Crippen LogP) is 3.48. The van der Waals surface area contributed by atoms with Gasteiger partial charge in [-0.3, -0.25) is 4.79 Å². The normalized spacial score (nSPS) is 15.9. The zero-order valence-corrected chi connectivity index (χ0v) is 15.3. The molecule has 25 heavy (non-hydrogen) atoms. The maximum atomic E-state index is 12.7. The molecule has 0 bridgehead atoms. The first-order chi connectivity index (χ1) is 11.7. The lowest BCUT2D eigenvalue weighted by atomic mass is 9.89. The monoisotopic (exact) mass is 360 g/mol. The minimum absolute atomic E-state index is 0.